The molecule has 0 saturated carbocycles. The first kappa shape index (κ1) is 14.9. The summed E-state index contributed by atoms with van der Waals surface area (Å²) in [5.41, 5.74) is 1.40. The summed E-state index contributed by atoms with van der Waals surface area (Å²) >= 11 is 0. The van der Waals surface area contributed by atoms with E-state index in [1.807, 2.05) is 0 Å². The Morgan fingerprint density at radius 2 is 1.46 bits per heavy atom. The molecule has 0 aliphatic heterocycles. The van der Waals surface area contributed by atoms with Crippen LogP contribution in [-0.2, 0) is 6.54 Å². The standard InChI is InChI=1S/C10H16N.ClH.H3N/c1-11(2,3)9-10-7-5-4-6-8-10;;/h4-8H,9H2,1-3H3;1H;1H3/q+1;;/p-1. The summed E-state index contributed by atoms with van der Waals surface area (Å²) in [4.78, 5) is 0. The Kier molecular flexibility index (Phi) is 6.86. The summed E-state index contributed by atoms with van der Waals surface area (Å²) in [6, 6.07) is 10.6. The summed E-state index contributed by atoms with van der Waals surface area (Å²) in [5, 5.41) is 0. The van der Waals surface area contributed by atoms with Crippen LogP contribution < -0.4 is 18.6 Å². The molecule has 0 bridgehead atoms. The van der Waals surface area contributed by atoms with E-state index < -0.39 is 0 Å². The maximum absolute atomic E-state index is 2.20. The molecule has 0 aromatic heterocycles. The van der Waals surface area contributed by atoms with Gasteiger partial charge >= 0.3 is 0 Å². The van der Waals surface area contributed by atoms with Gasteiger partial charge < -0.3 is 23.0 Å². The van der Waals surface area contributed by atoms with Crippen molar-refractivity contribution < 1.29 is 16.9 Å². The zero-order valence-electron chi connectivity index (χ0n) is 8.63. The molecule has 3 heteroatoms. The lowest BCUT2D eigenvalue weighted by Gasteiger charge is -2.23. The van der Waals surface area contributed by atoms with Crippen molar-refractivity contribution in [1.82, 2.24) is 6.15 Å². The van der Waals surface area contributed by atoms with Gasteiger partial charge in [0.1, 0.15) is 6.54 Å². The quantitative estimate of drug-likeness (QED) is 0.618. The third-order valence-corrected chi connectivity index (χ3v) is 1.50. The Bertz CT molecular complexity index is 216. The van der Waals surface area contributed by atoms with Gasteiger partial charge in [0, 0.05) is 5.56 Å². The van der Waals surface area contributed by atoms with Crippen LogP contribution in [0.5, 0.6) is 0 Å². The highest BCUT2D eigenvalue weighted by atomic mass is 35.5. The van der Waals surface area contributed by atoms with Crippen LogP contribution in [0.15, 0.2) is 30.3 Å². The maximum atomic E-state index is 2.20. The van der Waals surface area contributed by atoms with Gasteiger partial charge in [-0.3, -0.25) is 0 Å². The predicted molar refractivity (Wildman–Crippen MR) is 53.2 cm³/mol. The normalized spacial score (nSPS) is 9.77. The summed E-state index contributed by atoms with van der Waals surface area (Å²) in [5.74, 6) is 0. The van der Waals surface area contributed by atoms with Crippen LogP contribution in [0, 0.1) is 0 Å². The van der Waals surface area contributed by atoms with E-state index in [0.29, 0.717) is 0 Å². The fraction of sp³-hybridized carbons (Fsp3) is 0.400. The Morgan fingerprint density at radius 3 is 1.85 bits per heavy atom. The van der Waals surface area contributed by atoms with E-state index >= 15 is 0 Å². The van der Waals surface area contributed by atoms with Crippen molar-refractivity contribution in [2.45, 2.75) is 6.54 Å². The van der Waals surface area contributed by atoms with Crippen LogP contribution in [0.3, 0.4) is 0 Å². The van der Waals surface area contributed by atoms with E-state index in [0.717, 1.165) is 11.0 Å². The second-order valence-electron chi connectivity index (χ2n) is 3.93. The van der Waals surface area contributed by atoms with Gasteiger partial charge in [-0.05, 0) is 0 Å². The van der Waals surface area contributed by atoms with E-state index in [4.69, 9.17) is 0 Å². The van der Waals surface area contributed by atoms with Gasteiger partial charge in [0.15, 0.2) is 0 Å². The fourth-order valence-electron chi connectivity index (χ4n) is 1.13. The molecule has 0 spiro atoms. The van der Waals surface area contributed by atoms with Crippen molar-refractivity contribution in [2.75, 3.05) is 21.1 Å². The molecular weight excluding hydrogens is 184 g/mol. The number of halogens is 1. The van der Waals surface area contributed by atoms with Crippen LogP contribution >= 0.6 is 0 Å². The lowest BCUT2D eigenvalue weighted by molar-refractivity contribution is -0.884. The molecule has 13 heavy (non-hydrogen) atoms. The highest BCUT2D eigenvalue weighted by Crippen LogP contribution is 2.04. The van der Waals surface area contributed by atoms with Crippen LogP contribution in [0.25, 0.3) is 0 Å². The molecule has 2 nitrogen and oxygen atoms in total. The molecule has 1 aromatic rings. The highest BCUT2D eigenvalue weighted by molar-refractivity contribution is 5.13. The highest BCUT2D eigenvalue weighted by Gasteiger charge is 2.06. The fourth-order valence-corrected chi connectivity index (χ4v) is 1.13. The van der Waals surface area contributed by atoms with Gasteiger partial charge in [0.05, 0.1) is 21.1 Å². The molecule has 0 radical (unpaired) electrons. The molecule has 3 N–H and O–H groups in total. The molecular formula is C10H19ClN2. The lowest BCUT2D eigenvalue weighted by atomic mass is 10.2. The number of hydrogen-bond acceptors (Lipinski definition) is 1. The van der Waals surface area contributed by atoms with E-state index in [1.165, 1.54) is 5.56 Å². The topological polar surface area (TPSA) is 35.0 Å². The van der Waals surface area contributed by atoms with Gasteiger partial charge in [-0.2, -0.15) is 0 Å². The minimum Gasteiger partial charge on any atom is -1.00 e. The molecule has 0 atom stereocenters. The Labute approximate surface area is 87.1 Å². The number of rotatable bonds is 2. The van der Waals surface area contributed by atoms with Crippen molar-refractivity contribution in [3.63, 3.8) is 0 Å². The molecule has 0 amide bonds. The Morgan fingerprint density at radius 1 is 1.00 bits per heavy atom. The predicted octanol–water partition coefficient (Wildman–Crippen LogP) is -0.941. The van der Waals surface area contributed by atoms with E-state index in [1.54, 1.807) is 0 Å². The molecule has 76 valence electrons. The average Bonchev–Trinajstić information content (AvgIpc) is 1.85. The minimum atomic E-state index is 0. The largest absolute Gasteiger partial charge is 1.00 e. The smallest absolute Gasteiger partial charge is 0.104 e. The van der Waals surface area contributed by atoms with Crippen molar-refractivity contribution in [3.8, 4) is 0 Å². The molecule has 0 aliphatic rings. The average molecular weight is 203 g/mol. The van der Waals surface area contributed by atoms with Crippen molar-refractivity contribution >= 4 is 0 Å². The monoisotopic (exact) mass is 202 g/mol. The molecule has 0 aliphatic carbocycles. The van der Waals surface area contributed by atoms with Gasteiger partial charge in [-0.25, -0.2) is 0 Å². The number of hydrogen-bond donors (Lipinski definition) is 1. The van der Waals surface area contributed by atoms with Gasteiger partial charge in [0.25, 0.3) is 0 Å². The second kappa shape index (κ2) is 5.97. The molecule has 0 fully saturated rings. The van der Waals surface area contributed by atoms with E-state index in [2.05, 4.69) is 51.5 Å². The summed E-state index contributed by atoms with van der Waals surface area (Å²) < 4.78 is 0.990. The van der Waals surface area contributed by atoms with Crippen LogP contribution in [0.2, 0.25) is 0 Å². The van der Waals surface area contributed by atoms with E-state index in [-0.39, 0.29) is 18.6 Å². The second-order valence-corrected chi connectivity index (χ2v) is 3.93. The first-order valence-corrected chi connectivity index (χ1v) is 3.92. The minimum absolute atomic E-state index is 0. The van der Waals surface area contributed by atoms with E-state index in [9.17, 15) is 0 Å². The summed E-state index contributed by atoms with van der Waals surface area (Å²) in [6.07, 6.45) is 0. The van der Waals surface area contributed by atoms with Crippen molar-refractivity contribution in [2.24, 2.45) is 0 Å². The number of benzene rings is 1. The molecule has 0 unspecified atom stereocenters. The first-order valence-electron chi connectivity index (χ1n) is 3.92. The SMILES string of the molecule is C[N+](C)(C)Cc1ccccc1.N.[Cl-]. The number of quaternary nitrogens is 1. The van der Waals surface area contributed by atoms with Crippen molar-refractivity contribution in [3.05, 3.63) is 35.9 Å². The van der Waals surface area contributed by atoms with Crippen LogP contribution in [0.1, 0.15) is 5.56 Å². The van der Waals surface area contributed by atoms with Gasteiger partial charge in [-0.15, -0.1) is 0 Å². The zero-order valence-corrected chi connectivity index (χ0v) is 9.38. The van der Waals surface area contributed by atoms with Crippen LogP contribution in [0.4, 0.5) is 0 Å². The molecule has 1 rings (SSSR count). The Balaban J connectivity index is 0. The summed E-state index contributed by atoms with van der Waals surface area (Å²) in [7, 11) is 6.60. The molecule has 1 aromatic carbocycles. The first-order chi connectivity index (χ1) is 5.08. The Hall–Kier alpha value is -0.570. The molecule has 0 heterocycles. The third-order valence-electron chi connectivity index (χ3n) is 1.50. The third kappa shape index (κ3) is 6.58. The summed E-state index contributed by atoms with van der Waals surface area (Å²) in [6.45, 7) is 1.10. The van der Waals surface area contributed by atoms with Gasteiger partial charge in [-0.1, -0.05) is 30.3 Å². The number of nitrogens with zero attached hydrogens (tertiary/aromatic N) is 1. The zero-order chi connectivity index (χ0) is 8.32. The molecule has 0 saturated heterocycles. The lowest BCUT2D eigenvalue weighted by Crippen LogP contribution is -3.00. The maximum Gasteiger partial charge on any atom is 0.104 e. The van der Waals surface area contributed by atoms with Crippen LogP contribution in [-0.4, -0.2) is 25.6 Å². The van der Waals surface area contributed by atoms with Crippen molar-refractivity contribution in [1.29, 1.82) is 0 Å². The van der Waals surface area contributed by atoms with Gasteiger partial charge in [0.2, 0.25) is 0 Å².